The van der Waals surface area contributed by atoms with Crippen LogP contribution in [0.25, 0.3) is 0 Å². The molecule has 2 N–H and O–H groups in total. The minimum Gasteiger partial charge on any atom is -0.459 e. The SMILES string of the molecule is C=C1CO[C@H]2[C@@H](C)/C(=N/[N+](=O)[O-])[C@H](C)C[C@@](C)(OC1)[C@H](O[C@@H]1O[C@H](C)C[C@H](N(C)C)[C@H]1OC(C)=O)[C@@H](C)[C@H](O)[C@@H](C)C(=O)O[C@H](CC)[C@@]2(C)O. The first-order valence-corrected chi connectivity index (χ1v) is 17.5. The highest BCUT2D eigenvalue weighted by atomic mass is 16.7. The Morgan fingerprint density at radius 3 is 2.36 bits per heavy atom. The van der Waals surface area contributed by atoms with Gasteiger partial charge in [-0.2, -0.15) is 0 Å². The highest BCUT2D eigenvalue weighted by Crippen LogP contribution is 2.41. The third-order valence-electron chi connectivity index (χ3n) is 10.6. The van der Waals surface area contributed by atoms with Crippen LogP contribution in [0.3, 0.4) is 0 Å². The number of aliphatic hydroxyl groups is 2. The van der Waals surface area contributed by atoms with E-state index < -0.39 is 88.7 Å². The topological polar surface area (TPSA) is 189 Å². The summed E-state index contributed by atoms with van der Waals surface area (Å²) in [5, 5.41) is 39.0. The first-order valence-electron chi connectivity index (χ1n) is 17.5. The fraction of sp³-hybridized carbons (Fsp3) is 0.857. The standard InChI is InChI=1S/C35H59N3O12/c1-13-26-35(10,42)31-21(5)27(36-38(43)44)19(3)15-34(9,46-17-18(2)16-45-31)30(22(6)28(40)23(7)32(41)49-26)50-33-29(48-24(8)39)25(37(11)12)14-20(4)47-33/h19-23,25-26,28-31,33,40,42H,2,13-17H2,1,3-12H3/b36-27+/t19-,20-,21+,22+,23-,25+,26-,28+,29-,30-,31+,33+,34-,35-/m1/s1. The van der Waals surface area contributed by atoms with Crippen molar-refractivity contribution in [1.29, 1.82) is 0 Å². The maximum atomic E-state index is 13.7. The lowest BCUT2D eigenvalue weighted by molar-refractivity contribution is -0.485. The van der Waals surface area contributed by atoms with E-state index in [1.807, 2.05) is 25.9 Å². The fourth-order valence-electron chi connectivity index (χ4n) is 7.94. The highest BCUT2D eigenvalue weighted by Gasteiger charge is 2.53. The normalized spacial score (nSPS) is 43.4. The summed E-state index contributed by atoms with van der Waals surface area (Å²) in [7, 11) is 3.74. The molecule has 3 heterocycles. The van der Waals surface area contributed by atoms with Crippen molar-refractivity contribution in [2.75, 3.05) is 27.3 Å². The zero-order valence-electron chi connectivity index (χ0n) is 31.5. The number of carbonyl (C=O) groups is 2. The van der Waals surface area contributed by atoms with Crippen molar-refractivity contribution in [2.45, 2.75) is 142 Å². The van der Waals surface area contributed by atoms with Gasteiger partial charge in [0, 0.05) is 24.7 Å². The summed E-state index contributed by atoms with van der Waals surface area (Å²) in [4.78, 5) is 40.0. The molecular formula is C35H59N3O12. The van der Waals surface area contributed by atoms with Crippen molar-refractivity contribution in [1.82, 2.24) is 4.90 Å². The van der Waals surface area contributed by atoms with E-state index in [2.05, 4.69) is 11.7 Å². The molecule has 50 heavy (non-hydrogen) atoms. The van der Waals surface area contributed by atoms with Gasteiger partial charge >= 0.3 is 11.9 Å². The van der Waals surface area contributed by atoms with E-state index in [1.165, 1.54) is 20.8 Å². The lowest BCUT2D eigenvalue weighted by Crippen LogP contribution is -2.61. The molecule has 3 rings (SSSR count). The number of hydrogen-bond acceptors (Lipinski definition) is 13. The van der Waals surface area contributed by atoms with Gasteiger partial charge < -0.3 is 43.5 Å². The Hall–Kier alpha value is -2.53. The number of hydrazone groups is 1. The van der Waals surface area contributed by atoms with Crippen molar-refractivity contribution in [3.05, 3.63) is 22.3 Å². The number of carbonyl (C=O) groups excluding carboxylic acids is 2. The summed E-state index contributed by atoms with van der Waals surface area (Å²) < 4.78 is 37.8. The van der Waals surface area contributed by atoms with Crippen LogP contribution in [-0.4, -0.2) is 125 Å². The Kier molecular flexibility index (Phi) is 14.1. The average Bonchev–Trinajstić information content (AvgIpc) is 3.03. The van der Waals surface area contributed by atoms with Crippen LogP contribution in [0.2, 0.25) is 0 Å². The average molecular weight is 714 g/mol. The summed E-state index contributed by atoms with van der Waals surface area (Å²) >= 11 is 0. The smallest absolute Gasteiger partial charge is 0.311 e. The molecule has 0 unspecified atom stereocenters. The molecule has 2 bridgehead atoms. The van der Waals surface area contributed by atoms with Crippen LogP contribution < -0.4 is 0 Å². The van der Waals surface area contributed by atoms with Crippen molar-refractivity contribution < 1.29 is 53.3 Å². The van der Waals surface area contributed by atoms with Gasteiger partial charge in [-0.1, -0.05) is 34.3 Å². The number of rotatable bonds is 6. The molecule has 0 spiro atoms. The number of nitro groups is 1. The first kappa shape index (κ1) is 41.9. The van der Waals surface area contributed by atoms with Gasteiger partial charge in [0.05, 0.1) is 66.0 Å². The molecule has 0 aliphatic carbocycles. The molecule has 3 fully saturated rings. The third kappa shape index (κ3) is 9.46. The maximum absolute atomic E-state index is 13.7. The minimum atomic E-state index is -1.84. The molecule has 0 aromatic rings. The summed E-state index contributed by atoms with van der Waals surface area (Å²) in [5.41, 5.74) is -2.57. The molecule has 0 radical (unpaired) electrons. The molecule has 3 aliphatic heterocycles. The van der Waals surface area contributed by atoms with Gasteiger partial charge in [-0.15, -0.1) is 0 Å². The number of hydrogen-bond donors (Lipinski definition) is 2. The molecule has 3 saturated heterocycles. The lowest BCUT2D eigenvalue weighted by Gasteiger charge is -2.49. The molecular weight excluding hydrogens is 654 g/mol. The maximum Gasteiger partial charge on any atom is 0.311 e. The zero-order valence-corrected chi connectivity index (χ0v) is 31.5. The summed E-state index contributed by atoms with van der Waals surface area (Å²) in [6.07, 6.45) is -6.14. The molecule has 15 nitrogen and oxygen atoms in total. The van der Waals surface area contributed by atoms with E-state index in [0.717, 1.165) is 0 Å². The number of cyclic esters (lactones) is 1. The van der Waals surface area contributed by atoms with Crippen LogP contribution in [0.5, 0.6) is 0 Å². The second kappa shape index (κ2) is 16.9. The Labute approximate surface area is 295 Å². The number of fused-ring (bicyclic) bond motifs is 5. The van der Waals surface area contributed by atoms with Gasteiger partial charge in [0.25, 0.3) is 0 Å². The number of esters is 2. The van der Waals surface area contributed by atoms with E-state index in [4.69, 9.17) is 28.4 Å². The zero-order chi connectivity index (χ0) is 37.9. The number of aliphatic hydroxyl groups excluding tert-OH is 1. The molecule has 3 aliphatic rings. The fourth-order valence-corrected chi connectivity index (χ4v) is 7.94. The second-order valence-corrected chi connectivity index (χ2v) is 15.1. The molecule has 15 heteroatoms. The van der Waals surface area contributed by atoms with Gasteiger partial charge in [-0.25, -0.2) is 10.1 Å². The van der Waals surface area contributed by atoms with Crippen molar-refractivity contribution >= 4 is 17.7 Å². The second-order valence-electron chi connectivity index (χ2n) is 15.1. The van der Waals surface area contributed by atoms with Crippen LogP contribution in [0.1, 0.15) is 81.6 Å². The van der Waals surface area contributed by atoms with Gasteiger partial charge in [-0.05, 0) is 66.6 Å². The summed E-state index contributed by atoms with van der Waals surface area (Å²) in [6.45, 7) is 18.9. The summed E-state index contributed by atoms with van der Waals surface area (Å²) in [6, 6.07) is -0.284. The Balaban J connectivity index is 2.31. The quantitative estimate of drug-likeness (QED) is 0.177. The van der Waals surface area contributed by atoms with Crippen LogP contribution in [0.4, 0.5) is 0 Å². The van der Waals surface area contributed by atoms with E-state index in [-0.39, 0.29) is 43.9 Å². The lowest BCUT2D eigenvalue weighted by atomic mass is 9.73. The van der Waals surface area contributed by atoms with Crippen molar-refractivity contribution in [3.8, 4) is 0 Å². The van der Waals surface area contributed by atoms with Gasteiger partial charge in [0.15, 0.2) is 17.4 Å². The van der Waals surface area contributed by atoms with Crippen molar-refractivity contribution in [3.63, 3.8) is 0 Å². The Morgan fingerprint density at radius 1 is 1.16 bits per heavy atom. The summed E-state index contributed by atoms with van der Waals surface area (Å²) in [5.74, 6) is -4.73. The molecule has 286 valence electrons. The molecule has 0 aromatic heterocycles. The Morgan fingerprint density at radius 2 is 1.80 bits per heavy atom. The van der Waals surface area contributed by atoms with Crippen molar-refractivity contribution in [2.24, 2.45) is 28.8 Å². The molecule has 0 saturated carbocycles. The number of likely N-dealkylation sites (N-methyl/N-ethyl adjacent to an activating group) is 1. The van der Waals surface area contributed by atoms with E-state index in [9.17, 15) is 29.9 Å². The number of nitrogens with zero attached hydrogens (tertiary/aromatic N) is 3. The molecule has 0 aromatic carbocycles. The van der Waals surface area contributed by atoms with Crippen LogP contribution in [0, 0.1) is 33.8 Å². The number of ether oxygens (including phenoxy) is 6. The molecule has 14 atom stereocenters. The minimum absolute atomic E-state index is 0.0331. The van der Waals surface area contributed by atoms with Crippen LogP contribution >= 0.6 is 0 Å². The van der Waals surface area contributed by atoms with Crippen LogP contribution in [-0.2, 0) is 38.0 Å². The van der Waals surface area contributed by atoms with Crippen LogP contribution in [0.15, 0.2) is 17.3 Å². The third-order valence-corrected chi connectivity index (χ3v) is 10.6. The van der Waals surface area contributed by atoms with Gasteiger partial charge in [-0.3, -0.25) is 9.59 Å². The van der Waals surface area contributed by atoms with E-state index in [0.29, 0.717) is 12.0 Å². The predicted molar refractivity (Wildman–Crippen MR) is 183 cm³/mol. The Bertz CT molecular complexity index is 1260. The van der Waals surface area contributed by atoms with Gasteiger partial charge in [0.1, 0.15) is 11.7 Å². The van der Waals surface area contributed by atoms with E-state index in [1.54, 1.807) is 34.6 Å². The van der Waals surface area contributed by atoms with E-state index >= 15 is 0 Å². The first-order chi connectivity index (χ1) is 23.1. The highest BCUT2D eigenvalue weighted by molar-refractivity contribution is 5.88. The molecule has 0 amide bonds. The van der Waals surface area contributed by atoms with Gasteiger partial charge in [0.2, 0.25) is 0 Å². The monoisotopic (exact) mass is 713 g/mol. The largest absolute Gasteiger partial charge is 0.459 e. The predicted octanol–water partition coefficient (Wildman–Crippen LogP) is 3.11.